The molecule has 0 aromatic rings. The molecule has 0 fully saturated rings. The van der Waals surface area contributed by atoms with Crippen LogP contribution in [0.2, 0.25) is 0 Å². The average Bonchev–Trinajstić information content (AvgIpc) is 1.83. The van der Waals surface area contributed by atoms with Gasteiger partial charge in [0.15, 0.2) is 0 Å². The highest BCUT2D eigenvalue weighted by atomic mass is 35.5. The van der Waals surface area contributed by atoms with Crippen LogP contribution < -0.4 is 0 Å². The largest absolute Gasteiger partial charge is 0.374 e. The predicted octanol–water partition coefficient (Wildman–Crippen LogP) is 3.21. The average molecular weight is 179 g/mol. The van der Waals surface area contributed by atoms with Crippen LogP contribution in [0.5, 0.6) is 0 Å². The van der Waals surface area contributed by atoms with Gasteiger partial charge < -0.3 is 4.74 Å². The van der Waals surface area contributed by atoms with E-state index in [9.17, 15) is 0 Å². The Kier molecular flexibility index (Phi) is 5.11. The normalized spacial score (nSPS) is 15.0. The third-order valence-corrected chi connectivity index (χ3v) is 1.64. The fraction of sp³-hybridized carbons (Fsp3) is 1.00. The Morgan fingerprint density at radius 1 is 1.36 bits per heavy atom. The molecule has 0 saturated heterocycles. The molecule has 0 saturated carbocycles. The third kappa shape index (κ3) is 8.15. The number of halogens is 1. The monoisotopic (exact) mass is 178 g/mol. The van der Waals surface area contributed by atoms with Gasteiger partial charge in [0.2, 0.25) is 0 Å². The summed E-state index contributed by atoms with van der Waals surface area (Å²) in [6, 6.07) is 0. The lowest BCUT2D eigenvalue weighted by molar-refractivity contribution is -0.00321. The number of hydrogen-bond acceptors (Lipinski definition) is 1. The van der Waals surface area contributed by atoms with E-state index in [4.69, 9.17) is 16.3 Å². The highest BCUT2D eigenvalue weighted by molar-refractivity contribution is 6.20. The molecule has 1 nitrogen and oxygen atoms in total. The maximum absolute atomic E-state index is 5.96. The summed E-state index contributed by atoms with van der Waals surface area (Å²) in [5.74, 6) is 0. The molecule has 0 N–H and O–H groups in total. The minimum Gasteiger partial charge on any atom is -0.374 e. The lowest BCUT2D eigenvalue weighted by atomic mass is 10.2. The molecule has 1 atom stereocenters. The second-order valence-corrected chi connectivity index (χ2v) is 4.43. The van der Waals surface area contributed by atoms with Gasteiger partial charge in [0.25, 0.3) is 0 Å². The third-order valence-electron chi connectivity index (χ3n) is 1.30. The van der Waals surface area contributed by atoms with Gasteiger partial charge in [0.1, 0.15) is 0 Å². The lowest BCUT2D eigenvalue weighted by Gasteiger charge is -2.21. The summed E-state index contributed by atoms with van der Waals surface area (Å²) in [7, 11) is 0. The van der Waals surface area contributed by atoms with Crippen molar-refractivity contribution in [2.75, 3.05) is 6.61 Å². The van der Waals surface area contributed by atoms with Crippen LogP contribution in [0.1, 0.15) is 40.5 Å². The minimum absolute atomic E-state index is 0.0547. The predicted molar refractivity (Wildman–Crippen MR) is 50.3 cm³/mol. The molecule has 0 aliphatic rings. The van der Waals surface area contributed by atoms with E-state index >= 15 is 0 Å². The molecule has 0 aromatic heterocycles. The molecule has 1 unspecified atom stereocenters. The zero-order chi connectivity index (χ0) is 8.91. The maximum atomic E-state index is 5.96. The maximum Gasteiger partial charge on any atom is 0.0637 e. The molecule has 0 bridgehead atoms. The Morgan fingerprint density at radius 3 is 2.27 bits per heavy atom. The van der Waals surface area contributed by atoms with Crippen LogP contribution in [0.4, 0.5) is 0 Å². The van der Waals surface area contributed by atoms with Gasteiger partial charge in [-0.1, -0.05) is 13.3 Å². The summed E-state index contributed by atoms with van der Waals surface area (Å²) in [5.41, 5.74) is -0.0547. The van der Waals surface area contributed by atoms with Gasteiger partial charge in [-0.15, -0.1) is 11.6 Å². The topological polar surface area (TPSA) is 9.23 Å². The molecule has 0 aliphatic heterocycles. The fourth-order valence-electron chi connectivity index (χ4n) is 0.737. The van der Waals surface area contributed by atoms with Crippen molar-refractivity contribution in [2.45, 2.75) is 51.5 Å². The van der Waals surface area contributed by atoms with Crippen LogP contribution >= 0.6 is 11.6 Å². The SMILES string of the molecule is CCCC(Cl)COC(C)(C)C. The quantitative estimate of drug-likeness (QED) is 0.601. The Hall–Kier alpha value is 0.250. The van der Waals surface area contributed by atoms with Gasteiger partial charge in [-0.05, 0) is 27.2 Å². The summed E-state index contributed by atoms with van der Waals surface area (Å²) >= 11 is 5.96. The van der Waals surface area contributed by atoms with Crippen LogP contribution in [0.25, 0.3) is 0 Å². The van der Waals surface area contributed by atoms with E-state index in [0.717, 1.165) is 12.8 Å². The number of rotatable bonds is 4. The Bertz CT molecular complexity index is 96.2. The summed E-state index contributed by atoms with van der Waals surface area (Å²) in [5, 5.41) is 0.180. The van der Waals surface area contributed by atoms with Crippen LogP contribution in [0, 0.1) is 0 Å². The van der Waals surface area contributed by atoms with Crippen LogP contribution in [-0.4, -0.2) is 17.6 Å². The fourth-order valence-corrected chi connectivity index (χ4v) is 1.02. The molecule has 0 radical (unpaired) electrons. The van der Waals surface area contributed by atoms with Gasteiger partial charge in [0.05, 0.1) is 17.6 Å². The molecule has 0 amide bonds. The van der Waals surface area contributed by atoms with E-state index in [0.29, 0.717) is 6.61 Å². The van der Waals surface area contributed by atoms with Crippen molar-refractivity contribution in [3.8, 4) is 0 Å². The van der Waals surface area contributed by atoms with Crippen molar-refractivity contribution in [1.82, 2.24) is 0 Å². The van der Waals surface area contributed by atoms with E-state index < -0.39 is 0 Å². The molecule has 2 heteroatoms. The van der Waals surface area contributed by atoms with Crippen LogP contribution in [0.15, 0.2) is 0 Å². The van der Waals surface area contributed by atoms with Crippen molar-refractivity contribution in [2.24, 2.45) is 0 Å². The highest BCUT2D eigenvalue weighted by Gasteiger charge is 2.12. The Morgan fingerprint density at radius 2 is 1.91 bits per heavy atom. The second-order valence-electron chi connectivity index (χ2n) is 3.81. The van der Waals surface area contributed by atoms with Gasteiger partial charge >= 0.3 is 0 Å². The highest BCUT2D eigenvalue weighted by Crippen LogP contribution is 2.12. The summed E-state index contributed by atoms with van der Waals surface area (Å²) in [6.45, 7) is 8.93. The number of ether oxygens (including phenoxy) is 1. The van der Waals surface area contributed by atoms with E-state index in [1.165, 1.54) is 0 Å². The summed E-state index contributed by atoms with van der Waals surface area (Å²) in [6.07, 6.45) is 2.17. The van der Waals surface area contributed by atoms with Crippen molar-refractivity contribution < 1.29 is 4.74 Å². The molecule has 0 aromatic carbocycles. The van der Waals surface area contributed by atoms with Crippen molar-refractivity contribution in [1.29, 1.82) is 0 Å². The van der Waals surface area contributed by atoms with Gasteiger partial charge in [-0.2, -0.15) is 0 Å². The van der Waals surface area contributed by atoms with Gasteiger partial charge in [-0.3, -0.25) is 0 Å². The van der Waals surface area contributed by atoms with Crippen LogP contribution in [-0.2, 0) is 4.74 Å². The summed E-state index contributed by atoms with van der Waals surface area (Å²) < 4.78 is 5.51. The van der Waals surface area contributed by atoms with E-state index in [1.54, 1.807) is 0 Å². The first-order valence-corrected chi connectivity index (χ1v) is 4.67. The van der Waals surface area contributed by atoms with Crippen molar-refractivity contribution in [3.63, 3.8) is 0 Å². The molecular formula is C9H19ClO. The smallest absolute Gasteiger partial charge is 0.0637 e. The molecule has 68 valence electrons. The van der Waals surface area contributed by atoms with E-state index in [1.807, 2.05) is 20.8 Å². The first kappa shape index (κ1) is 11.2. The number of hydrogen-bond donors (Lipinski definition) is 0. The molecule has 11 heavy (non-hydrogen) atoms. The van der Waals surface area contributed by atoms with Gasteiger partial charge in [-0.25, -0.2) is 0 Å². The molecule has 0 heterocycles. The van der Waals surface area contributed by atoms with Crippen molar-refractivity contribution >= 4 is 11.6 Å². The molecule has 0 rings (SSSR count). The van der Waals surface area contributed by atoms with E-state index in [-0.39, 0.29) is 11.0 Å². The second kappa shape index (κ2) is 5.00. The standard InChI is InChI=1S/C9H19ClO/c1-5-6-8(10)7-11-9(2,3)4/h8H,5-7H2,1-4H3. The first-order valence-electron chi connectivity index (χ1n) is 4.23. The molecule has 0 spiro atoms. The Balaban J connectivity index is 3.38. The lowest BCUT2D eigenvalue weighted by Crippen LogP contribution is -2.23. The van der Waals surface area contributed by atoms with Gasteiger partial charge in [0, 0.05) is 0 Å². The zero-order valence-corrected chi connectivity index (χ0v) is 8.74. The minimum atomic E-state index is -0.0547. The summed E-state index contributed by atoms with van der Waals surface area (Å²) in [4.78, 5) is 0. The first-order chi connectivity index (χ1) is 4.95. The Labute approximate surface area is 75.1 Å². The van der Waals surface area contributed by atoms with E-state index in [2.05, 4.69) is 6.92 Å². The molecular weight excluding hydrogens is 160 g/mol. The number of alkyl halides is 1. The zero-order valence-electron chi connectivity index (χ0n) is 7.98. The van der Waals surface area contributed by atoms with Crippen molar-refractivity contribution in [3.05, 3.63) is 0 Å². The van der Waals surface area contributed by atoms with Crippen LogP contribution in [0.3, 0.4) is 0 Å². The molecule has 0 aliphatic carbocycles.